The normalized spacial score (nSPS) is 10.6. The lowest BCUT2D eigenvalue weighted by atomic mass is 10.1. The van der Waals surface area contributed by atoms with Crippen LogP contribution in [0.15, 0.2) is 59.5 Å². The molecule has 0 amide bonds. The van der Waals surface area contributed by atoms with Crippen LogP contribution in [0.5, 0.6) is 11.5 Å². The first-order valence-corrected chi connectivity index (χ1v) is 8.49. The van der Waals surface area contributed by atoms with E-state index in [9.17, 15) is 4.79 Å². The van der Waals surface area contributed by atoms with E-state index in [0.717, 1.165) is 4.47 Å². The van der Waals surface area contributed by atoms with Gasteiger partial charge in [0.2, 0.25) is 0 Å². The maximum absolute atomic E-state index is 12.4. The lowest BCUT2D eigenvalue weighted by Gasteiger charge is -2.09. The number of ether oxygens (including phenoxy) is 1. The number of hydrogen-bond acceptors (Lipinski definition) is 3. The smallest absolute Gasteiger partial charge is 0.184 e. The minimum Gasteiger partial charge on any atom is -0.457 e. The molecule has 3 rings (SSSR count). The fourth-order valence-electron chi connectivity index (χ4n) is 2.09. The molecule has 2 aromatic carbocycles. The van der Waals surface area contributed by atoms with Crippen LogP contribution in [-0.2, 0) is 6.54 Å². The number of benzene rings is 2. The Balaban J connectivity index is 1.75. The van der Waals surface area contributed by atoms with Crippen molar-refractivity contribution in [3.05, 3.63) is 75.2 Å². The number of halogens is 3. The zero-order valence-electron chi connectivity index (χ0n) is 12.2. The highest BCUT2D eigenvalue weighted by Gasteiger charge is 2.13. The van der Waals surface area contributed by atoms with E-state index in [1.54, 1.807) is 22.8 Å². The van der Waals surface area contributed by atoms with E-state index in [-0.39, 0.29) is 12.3 Å². The molecule has 0 radical (unpaired) electrons. The molecular formula is C17H11BrCl2N2O2. The number of aromatic nitrogens is 2. The van der Waals surface area contributed by atoms with Crippen LogP contribution >= 0.6 is 39.1 Å². The van der Waals surface area contributed by atoms with Crippen molar-refractivity contribution >= 4 is 44.9 Å². The Morgan fingerprint density at radius 3 is 2.46 bits per heavy atom. The lowest BCUT2D eigenvalue weighted by Crippen LogP contribution is -2.10. The molecular weight excluding hydrogens is 415 g/mol. The molecule has 0 saturated carbocycles. The topological polar surface area (TPSA) is 44.1 Å². The molecule has 3 aromatic rings. The third-order valence-corrected chi connectivity index (χ3v) is 4.42. The Labute approximate surface area is 157 Å². The number of Topliss-reactive ketones (excluding diaryl/α,β-unsaturated/α-hetero) is 1. The first-order valence-electron chi connectivity index (χ1n) is 6.95. The predicted octanol–water partition coefficient (Wildman–Crippen LogP) is 5.63. The summed E-state index contributed by atoms with van der Waals surface area (Å²) in [7, 11) is 0. The summed E-state index contributed by atoms with van der Waals surface area (Å²) < 4.78 is 8.23. The van der Waals surface area contributed by atoms with Crippen LogP contribution < -0.4 is 4.74 Å². The van der Waals surface area contributed by atoms with Gasteiger partial charge in [0, 0.05) is 16.1 Å². The molecule has 0 saturated heterocycles. The Morgan fingerprint density at radius 1 is 1.12 bits per heavy atom. The summed E-state index contributed by atoms with van der Waals surface area (Å²) in [6.45, 7) is 0.0749. The van der Waals surface area contributed by atoms with E-state index in [1.165, 1.54) is 12.5 Å². The molecule has 7 heteroatoms. The molecule has 1 aromatic heterocycles. The maximum Gasteiger partial charge on any atom is 0.184 e. The molecule has 0 N–H and O–H groups in total. The highest BCUT2D eigenvalue weighted by molar-refractivity contribution is 9.10. The van der Waals surface area contributed by atoms with E-state index in [2.05, 4.69) is 20.9 Å². The van der Waals surface area contributed by atoms with Crippen molar-refractivity contribution in [2.75, 3.05) is 0 Å². The number of nitrogens with zero attached hydrogens (tertiary/aromatic N) is 2. The fraction of sp³-hybridized carbons (Fsp3) is 0.0588. The molecule has 0 aliphatic rings. The summed E-state index contributed by atoms with van der Waals surface area (Å²) in [6, 6.07) is 12.4. The Kier molecular flexibility index (Phi) is 5.23. The minimum absolute atomic E-state index is 0.0749. The third kappa shape index (κ3) is 3.98. The summed E-state index contributed by atoms with van der Waals surface area (Å²) in [5.74, 6) is 1.08. The van der Waals surface area contributed by atoms with Gasteiger partial charge in [-0.1, -0.05) is 39.1 Å². The van der Waals surface area contributed by atoms with Crippen LogP contribution in [0.25, 0.3) is 0 Å². The molecule has 122 valence electrons. The van der Waals surface area contributed by atoms with Gasteiger partial charge in [0.05, 0.1) is 24.1 Å². The Morgan fingerprint density at radius 2 is 1.83 bits per heavy atom. The standard InChI is InChI=1S/C17H11BrCl2N2O2/c18-11-1-3-12(4-2-11)24-13-5-6-14(15(19)7-13)16(23)9-22-10-21-8-17(22)20/h1-8,10H,9H2. The Bertz CT molecular complexity index is 879. The molecule has 0 bridgehead atoms. The van der Waals surface area contributed by atoms with Crippen LogP contribution in [0, 0.1) is 0 Å². The molecule has 1 heterocycles. The summed E-state index contributed by atoms with van der Waals surface area (Å²) in [4.78, 5) is 16.2. The van der Waals surface area contributed by atoms with Crippen LogP contribution in [0.3, 0.4) is 0 Å². The summed E-state index contributed by atoms with van der Waals surface area (Å²) in [5.41, 5.74) is 0.407. The number of carbonyl (C=O) groups excluding carboxylic acids is 1. The van der Waals surface area contributed by atoms with Crippen molar-refractivity contribution in [2.45, 2.75) is 6.54 Å². The molecule has 0 spiro atoms. The van der Waals surface area contributed by atoms with E-state index >= 15 is 0 Å². The van der Waals surface area contributed by atoms with Gasteiger partial charge < -0.3 is 9.30 Å². The second kappa shape index (κ2) is 7.38. The second-order valence-electron chi connectivity index (χ2n) is 4.97. The number of ketones is 1. The van der Waals surface area contributed by atoms with Gasteiger partial charge in [-0.05, 0) is 36.4 Å². The van der Waals surface area contributed by atoms with Crippen molar-refractivity contribution in [1.82, 2.24) is 9.55 Å². The van der Waals surface area contributed by atoms with Crippen LogP contribution in [0.2, 0.25) is 10.2 Å². The van der Waals surface area contributed by atoms with Gasteiger partial charge in [0.1, 0.15) is 16.7 Å². The van der Waals surface area contributed by atoms with Crippen molar-refractivity contribution in [2.24, 2.45) is 0 Å². The second-order valence-corrected chi connectivity index (χ2v) is 6.68. The highest BCUT2D eigenvalue weighted by Crippen LogP contribution is 2.28. The zero-order valence-corrected chi connectivity index (χ0v) is 15.3. The van der Waals surface area contributed by atoms with Gasteiger partial charge in [0.15, 0.2) is 5.78 Å². The average molecular weight is 426 g/mol. The van der Waals surface area contributed by atoms with Gasteiger partial charge >= 0.3 is 0 Å². The molecule has 0 atom stereocenters. The lowest BCUT2D eigenvalue weighted by molar-refractivity contribution is 0.0972. The van der Waals surface area contributed by atoms with Crippen LogP contribution in [-0.4, -0.2) is 15.3 Å². The predicted molar refractivity (Wildman–Crippen MR) is 97.2 cm³/mol. The van der Waals surface area contributed by atoms with Crippen molar-refractivity contribution in [3.8, 4) is 11.5 Å². The third-order valence-electron chi connectivity index (χ3n) is 3.27. The molecule has 0 aliphatic heterocycles. The summed E-state index contributed by atoms with van der Waals surface area (Å²) in [6.07, 6.45) is 2.98. The zero-order chi connectivity index (χ0) is 17.1. The minimum atomic E-state index is -0.157. The molecule has 4 nitrogen and oxygen atoms in total. The van der Waals surface area contributed by atoms with E-state index in [4.69, 9.17) is 27.9 Å². The molecule has 0 unspecified atom stereocenters. The van der Waals surface area contributed by atoms with Gasteiger partial charge in [-0.2, -0.15) is 0 Å². The SMILES string of the molecule is O=C(Cn1cncc1Cl)c1ccc(Oc2ccc(Br)cc2)cc1Cl. The number of carbonyl (C=O) groups is 1. The highest BCUT2D eigenvalue weighted by atomic mass is 79.9. The van der Waals surface area contributed by atoms with E-state index in [0.29, 0.717) is 27.2 Å². The first-order chi connectivity index (χ1) is 11.5. The van der Waals surface area contributed by atoms with Crippen molar-refractivity contribution < 1.29 is 9.53 Å². The van der Waals surface area contributed by atoms with Crippen LogP contribution in [0.4, 0.5) is 0 Å². The summed E-state index contributed by atoms with van der Waals surface area (Å²) in [5, 5.41) is 0.723. The number of imidazole rings is 1. The van der Waals surface area contributed by atoms with Crippen molar-refractivity contribution in [3.63, 3.8) is 0 Å². The van der Waals surface area contributed by atoms with Gasteiger partial charge in [-0.3, -0.25) is 4.79 Å². The molecule has 0 fully saturated rings. The average Bonchev–Trinajstić information content (AvgIpc) is 2.95. The van der Waals surface area contributed by atoms with Crippen molar-refractivity contribution in [1.29, 1.82) is 0 Å². The van der Waals surface area contributed by atoms with E-state index in [1.807, 2.05) is 24.3 Å². The van der Waals surface area contributed by atoms with Crippen LogP contribution in [0.1, 0.15) is 10.4 Å². The summed E-state index contributed by atoms with van der Waals surface area (Å²) >= 11 is 15.5. The number of rotatable bonds is 5. The monoisotopic (exact) mass is 424 g/mol. The quantitative estimate of drug-likeness (QED) is 0.497. The van der Waals surface area contributed by atoms with Gasteiger partial charge in [-0.15, -0.1) is 0 Å². The number of hydrogen-bond donors (Lipinski definition) is 0. The van der Waals surface area contributed by atoms with E-state index < -0.39 is 0 Å². The van der Waals surface area contributed by atoms with Gasteiger partial charge in [0.25, 0.3) is 0 Å². The molecule has 0 aliphatic carbocycles. The van der Waals surface area contributed by atoms with Gasteiger partial charge in [-0.25, -0.2) is 4.98 Å². The Hall–Kier alpha value is -1.82. The fourth-order valence-corrected chi connectivity index (χ4v) is 2.79. The molecule has 24 heavy (non-hydrogen) atoms. The first kappa shape index (κ1) is 17.0. The maximum atomic E-state index is 12.4. The largest absolute Gasteiger partial charge is 0.457 e.